The Balaban J connectivity index is 1.80. The fraction of sp³-hybridized carbons (Fsp3) is 0.500. The maximum Gasteiger partial charge on any atom is 0.329 e. The highest BCUT2D eigenvalue weighted by atomic mass is 16.5. The van der Waals surface area contributed by atoms with Crippen molar-refractivity contribution in [1.82, 2.24) is 4.90 Å². The number of amides is 1. The highest BCUT2D eigenvalue weighted by Gasteiger charge is 2.24. The zero-order valence-corrected chi connectivity index (χ0v) is 9.87. The van der Waals surface area contributed by atoms with Gasteiger partial charge in [0.1, 0.15) is 12.9 Å². The molecule has 0 unspecified atom stereocenters. The highest BCUT2D eigenvalue weighted by Crippen LogP contribution is 2.16. The number of carbonyl (C=O) groups is 2. The van der Waals surface area contributed by atoms with Gasteiger partial charge in [0.05, 0.1) is 17.9 Å². The maximum absolute atomic E-state index is 12.0. The topological polar surface area (TPSA) is 80.0 Å². The number of nitrogens with zero attached hydrogens (tertiary/aromatic N) is 1. The van der Waals surface area contributed by atoms with Crippen LogP contribution >= 0.6 is 0 Å². The summed E-state index contributed by atoms with van der Waals surface area (Å²) in [5, 5.41) is 8.51. The van der Waals surface area contributed by atoms with Crippen molar-refractivity contribution in [3.63, 3.8) is 0 Å². The predicted octanol–water partition coefficient (Wildman–Crippen LogP) is 0.985. The Kier molecular flexibility index (Phi) is 3.99. The smallest absolute Gasteiger partial charge is 0.329 e. The quantitative estimate of drug-likeness (QED) is 0.865. The number of carboxylic acids is 1. The molecule has 1 aromatic heterocycles. The molecule has 6 heteroatoms. The molecule has 0 radical (unpaired) electrons. The van der Waals surface area contributed by atoms with Crippen LogP contribution in [-0.4, -0.2) is 47.7 Å². The molecule has 98 valence electrons. The number of hydrogen-bond donors (Lipinski definition) is 1. The second-order valence-electron chi connectivity index (χ2n) is 4.21. The molecule has 0 aliphatic carbocycles. The molecule has 1 N–H and O–H groups in total. The van der Waals surface area contributed by atoms with Crippen LogP contribution in [0.1, 0.15) is 23.2 Å². The van der Waals surface area contributed by atoms with Gasteiger partial charge in [-0.25, -0.2) is 4.79 Å². The number of likely N-dealkylation sites (tertiary alicyclic amines) is 1. The Morgan fingerprint density at radius 3 is 2.72 bits per heavy atom. The van der Waals surface area contributed by atoms with Crippen molar-refractivity contribution in [2.75, 3.05) is 19.7 Å². The Bertz CT molecular complexity index is 406. The van der Waals surface area contributed by atoms with Crippen LogP contribution in [0.4, 0.5) is 0 Å². The van der Waals surface area contributed by atoms with E-state index in [2.05, 4.69) is 0 Å². The van der Waals surface area contributed by atoms with E-state index in [1.54, 1.807) is 11.0 Å². The van der Waals surface area contributed by atoms with Crippen LogP contribution in [0.25, 0.3) is 0 Å². The summed E-state index contributed by atoms with van der Waals surface area (Å²) in [6.07, 6.45) is 4.15. The lowest BCUT2D eigenvalue weighted by atomic mass is 10.1. The predicted molar refractivity (Wildman–Crippen MR) is 61.2 cm³/mol. The second kappa shape index (κ2) is 5.68. The van der Waals surface area contributed by atoms with Crippen LogP contribution in [0.2, 0.25) is 0 Å². The van der Waals surface area contributed by atoms with E-state index in [9.17, 15) is 9.59 Å². The summed E-state index contributed by atoms with van der Waals surface area (Å²) in [6, 6.07) is 1.63. The highest BCUT2D eigenvalue weighted by molar-refractivity contribution is 5.93. The summed E-state index contributed by atoms with van der Waals surface area (Å²) >= 11 is 0. The van der Waals surface area contributed by atoms with Crippen molar-refractivity contribution in [2.45, 2.75) is 18.9 Å². The monoisotopic (exact) mass is 253 g/mol. The van der Waals surface area contributed by atoms with E-state index in [1.807, 2.05) is 0 Å². The molecule has 6 nitrogen and oxygen atoms in total. The lowest BCUT2D eigenvalue weighted by molar-refractivity contribution is -0.145. The van der Waals surface area contributed by atoms with Gasteiger partial charge in [0.2, 0.25) is 0 Å². The number of piperidine rings is 1. The van der Waals surface area contributed by atoms with Crippen molar-refractivity contribution >= 4 is 11.9 Å². The molecule has 1 aliphatic heterocycles. The molecular weight excluding hydrogens is 238 g/mol. The number of rotatable bonds is 4. The van der Waals surface area contributed by atoms with E-state index in [4.69, 9.17) is 14.3 Å². The average Bonchev–Trinajstić information content (AvgIpc) is 2.90. The first-order valence-corrected chi connectivity index (χ1v) is 5.81. The molecule has 1 aromatic rings. The normalized spacial score (nSPS) is 16.8. The van der Waals surface area contributed by atoms with Gasteiger partial charge in [0.25, 0.3) is 5.91 Å². The third-order valence-corrected chi connectivity index (χ3v) is 2.94. The Morgan fingerprint density at radius 2 is 2.17 bits per heavy atom. The zero-order valence-electron chi connectivity index (χ0n) is 9.87. The molecule has 2 rings (SSSR count). The summed E-state index contributed by atoms with van der Waals surface area (Å²) in [5.41, 5.74) is 0.542. The standard InChI is InChI=1S/C12H15NO5/c14-11(15)8-18-10-1-4-13(5-2-10)12(16)9-3-6-17-7-9/h3,6-7,10H,1-2,4-5,8H2,(H,14,15). The molecule has 0 atom stereocenters. The van der Waals surface area contributed by atoms with Gasteiger partial charge in [0, 0.05) is 13.1 Å². The molecule has 1 saturated heterocycles. The number of ether oxygens (including phenoxy) is 1. The zero-order chi connectivity index (χ0) is 13.0. The summed E-state index contributed by atoms with van der Waals surface area (Å²) < 4.78 is 10.1. The van der Waals surface area contributed by atoms with E-state index in [1.165, 1.54) is 12.5 Å². The summed E-state index contributed by atoms with van der Waals surface area (Å²) in [6.45, 7) is 0.878. The minimum atomic E-state index is -0.966. The molecule has 18 heavy (non-hydrogen) atoms. The van der Waals surface area contributed by atoms with E-state index in [0.717, 1.165) is 0 Å². The number of aliphatic carboxylic acids is 1. The molecule has 0 saturated carbocycles. The van der Waals surface area contributed by atoms with Gasteiger partial charge in [-0.15, -0.1) is 0 Å². The Hall–Kier alpha value is -1.82. The van der Waals surface area contributed by atoms with Crippen LogP contribution < -0.4 is 0 Å². The van der Waals surface area contributed by atoms with Crippen LogP contribution in [0.15, 0.2) is 23.0 Å². The molecule has 1 amide bonds. The number of carbonyl (C=O) groups excluding carboxylic acids is 1. The van der Waals surface area contributed by atoms with Crippen LogP contribution in [0.3, 0.4) is 0 Å². The van der Waals surface area contributed by atoms with Crippen LogP contribution in [0, 0.1) is 0 Å². The minimum absolute atomic E-state index is 0.0552. The minimum Gasteiger partial charge on any atom is -0.480 e. The summed E-state index contributed by atoms with van der Waals surface area (Å²) in [5.74, 6) is -1.02. The molecule has 1 aliphatic rings. The van der Waals surface area contributed by atoms with Gasteiger partial charge in [-0.3, -0.25) is 4.79 Å². The lowest BCUT2D eigenvalue weighted by Gasteiger charge is -2.31. The van der Waals surface area contributed by atoms with E-state index >= 15 is 0 Å². The third-order valence-electron chi connectivity index (χ3n) is 2.94. The summed E-state index contributed by atoms with van der Waals surface area (Å²) in [4.78, 5) is 24.1. The molecule has 0 spiro atoms. The number of hydrogen-bond acceptors (Lipinski definition) is 4. The third kappa shape index (κ3) is 3.10. The van der Waals surface area contributed by atoms with Gasteiger partial charge >= 0.3 is 5.97 Å². The second-order valence-corrected chi connectivity index (χ2v) is 4.21. The Morgan fingerprint density at radius 1 is 1.44 bits per heavy atom. The first-order chi connectivity index (χ1) is 8.66. The molecule has 0 bridgehead atoms. The van der Waals surface area contributed by atoms with Crippen molar-refractivity contribution in [3.8, 4) is 0 Å². The van der Waals surface area contributed by atoms with Gasteiger partial charge in [-0.1, -0.05) is 0 Å². The van der Waals surface area contributed by atoms with Gasteiger partial charge in [-0.2, -0.15) is 0 Å². The molecule has 0 aromatic carbocycles. The van der Waals surface area contributed by atoms with Gasteiger partial charge in [-0.05, 0) is 18.9 Å². The van der Waals surface area contributed by atoms with Crippen molar-refractivity contribution in [2.24, 2.45) is 0 Å². The van der Waals surface area contributed by atoms with Crippen molar-refractivity contribution in [3.05, 3.63) is 24.2 Å². The average molecular weight is 253 g/mol. The fourth-order valence-electron chi connectivity index (χ4n) is 1.98. The van der Waals surface area contributed by atoms with E-state index in [-0.39, 0.29) is 18.6 Å². The lowest BCUT2D eigenvalue weighted by Crippen LogP contribution is -2.41. The van der Waals surface area contributed by atoms with Crippen LogP contribution in [0.5, 0.6) is 0 Å². The number of furan rings is 1. The molecule has 1 fully saturated rings. The first-order valence-electron chi connectivity index (χ1n) is 5.81. The first kappa shape index (κ1) is 12.6. The van der Waals surface area contributed by atoms with Crippen LogP contribution in [-0.2, 0) is 9.53 Å². The van der Waals surface area contributed by atoms with Gasteiger partial charge in [0.15, 0.2) is 0 Å². The van der Waals surface area contributed by atoms with E-state index in [0.29, 0.717) is 31.5 Å². The summed E-state index contributed by atoms with van der Waals surface area (Å²) in [7, 11) is 0. The number of carboxylic acid groups (broad SMARTS) is 1. The molecular formula is C12H15NO5. The Labute approximate surface area is 104 Å². The van der Waals surface area contributed by atoms with E-state index < -0.39 is 5.97 Å². The SMILES string of the molecule is O=C(O)COC1CCN(C(=O)c2ccoc2)CC1. The largest absolute Gasteiger partial charge is 0.480 e. The van der Waals surface area contributed by atoms with Gasteiger partial charge < -0.3 is 19.2 Å². The maximum atomic E-state index is 12.0. The fourth-order valence-corrected chi connectivity index (χ4v) is 1.98. The van der Waals surface area contributed by atoms with Crippen molar-refractivity contribution < 1.29 is 23.8 Å². The molecule has 2 heterocycles. The van der Waals surface area contributed by atoms with Crippen molar-refractivity contribution in [1.29, 1.82) is 0 Å².